The normalized spacial score (nSPS) is 17.8. The van der Waals surface area contributed by atoms with Crippen LogP contribution in [-0.4, -0.2) is 0 Å². The Kier molecular flexibility index (Phi) is 11.2. The van der Waals surface area contributed by atoms with Crippen molar-refractivity contribution in [1.29, 1.82) is 0 Å². The van der Waals surface area contributed by atoms with E-state index in [0.29, 0.717) is 11.8 Å². The van der Waals surface area contributed by atoms with Crippen LogP contribution in [0, 0.1) is 0 Å². The number of benzene rings is 6. The van der Waals surface area contributed by atoms with Crippen molar-refractivity contribution < 1.29 is 0 Å². The minimum atomic E-state index is -0.0223. The molecule has 0 spiro atoms. The fraction of sp³-hybridized carbons (Fsp3) is 0.360. The van der Waals surface area contributed by atoms with Crippen molar-refractivity contribution in [2.45, 2.75) is 114 Å². The van der Waals surface area contributed by atoms with E-state index >= 15 is 0 Å². The lowest BCUT2D eigenvalue weighted by Crippen LogP contribution is -2.27. The summed E-state index contributed by atoms with van der Waals surface area (Å²) < 4.78 is 0. The molecular formula is C50H56N2. The zero-order valence-electron chi connectivity index (χ0n) is 30.9. The number of hydrogen-bond acceptors (Lipinski definition) is 2. The molecule has 0 heterocycles. The molecule has 2 aliphatic rings. The van der Waals surface area contributed by atoms with Crippen molar-refractivity contribution in [3.63, 3.8) is 0 Å². The zero-order chi connectivity index (χ0) is 35.0. The smallest absolute Gasteiger partial charge is 0.0757 e. The third-order valence-electron chi connectivity index (χ3n) is 12.3. The molecule has 0 aliphatic heterocycles. The quantitative estimate of drug-likeness (QED) is 0.158. The highest BCUT2D eigenvalue weighted by molar-refractivity contribution is 5.97. The molecule has 2 fully saturated rings. The Hall–Kier alpha value is -4.56. The predicted octanol–water partition coefficient (Wildman–Crippen LogP) is 14.7. The molecule has 2 atom stereocenters. The Labute approximate surface area is 312 Å². The summed E-state index contributed by atoms with van der Waals surface area (Å²) >= 11 is 0. The minimum Gasteiger partial charge on any atom is -0.375 e. The molecule has 0 aromatic heterocycles. The van der Waals surface area contributed by atoms with Crippen LogP contribution >= 0.6 is 0 Å². The van der Waals surface area contributed by atoms with Crippen molar-refractivity contribution >= 4 is 32.9 Å². The average Bonchev–Trinajstić information content (AvgIpc) is 3.17. The first-order chi connectivity index (χ1) is 25.8. The summed E-state index contributed by atoms with van der Waals surface area (Å²) in [6.45, 7) is 0. The first-order valence-corrected chi connectivity index (χ1v) is 20.5. The van der Waals surface area contributed by atoms with Crippen LogP contribution in [0.4, 0.5) is 11.4 Å². The maximum Gasteiger partial charge on any atom is 0.0757 e. The van der Waals surface area contributed by atoms with Crippen LogP contribution in [-0.2, 0) is 0 Å². The lowest BCUT2D eigenvalue weighted by atomic mass is 9.83. The van der Waals surface area contributed by atoms with Gasteiger partial charge in [-0.15, -0.1) is 0 Å². The Morgan fingerprint density at radius 1 is 0.346 bits per heavy atom. The van der Waals surface area contributed by atoms with Crippen LogP contribution in [0.2, 0.25) is 0 Å². The summed E-state index contributed by atoms with van der Waals surface area (Å²) in [5, 5.41) is 14.0. The summed E-state index contributed by atoms with van der Waals surface area (Å²) in [5.74, 6) is 1.13. The van der Waals surface area contributed by atoms with E-state index in [1.807, 2.05) is 0 Å². The molecule has 2 nitrogen and oxygen atoms in total. The van der Waals surface area contributed by atoms with Gasteiger partial charge in [0.1, 0.15) is 0 Å². The van der Waals surface area contributed by atoms with Crippen LogP contribution in [0.25, 0.3) is 21.5 Å². The van der Waals surface area contributed by atoms with Gasteiger partial charge >= 0.3 is 0 Å². The maximum atomic E-state index is 4.36. The fourth-order valence-electron chi connectivity index (χ4n) is 9.46. The van der Waals surface area contributed by atoms with Gasteiger partial charge in [-0.3, -0.25) is 0 Å². The summed E-state index contributed by atoms with van der Waals surface area (Å²) in [5.41, 5.74) is 8.22. The van der Waals surface area contributed by atoms with Gasteiger partial charge in [0.05, 0.1) is 12.1 Å². The van der Waals surface area contributed by atoms with Gasteiger partial charge in [-0.1, -0.05) is 198 Å². The van der Waals surface area contributed by atoms with E-state index in [9.17, 15) is 0 Å². The lowest BCUT2D eigenvalue weighted by Gasteiger charge is -2.35. The highest BCUT2D eigenvalue weighted by Gasteiger charge is 2.30. The molecule has 2 saturated carbocycles. The Balaban J connectivity index is 1.29. The molecular weight excluding hydrogens is 629 g/mol. The summed E-state index contributed by atoms with van der Waals surface area (Å²) in [6, 6.07) is 50.1. The predicted molar refractivity (Wildman–Crippen MR) is 224 cm³/mol. The van der Waals surface area contributed by atoms with Gasteiger partial charge in [0.15, 0.2) is 0 Å². The molecule has 8 rings (SSSR count). The Bertz CT molecular complexity index is 1870. The van der Waals surface area contributed by atoms with E-state index in [1.54, 1.807) is 0 Å². The highest BCUT2D eigenvalue weighted by atomic mass is 15.0. The number of nitrogens with one attached hydrogen (secondary N) is 2. The molecule has 0 unspecified atom stereocenters. The average molecular weight is 685 g/mol. The van der Waals surface area contributed by atoms with Crippen molar-refractivity contribution in [1.82, 2.24) is 0 Å². The van der Waals surface area contributed by atoms with Gasteiger partial charge in [0.25, 0.3) is 0 Å². The van der Waals surface area contributed by atoms with E-state index in [1.165, 1.54) is 145 Å². The summed E-state index contributed by atoms with van der Waals surface area (Å²) in [4.78, 5) is 0. The Morgan fingerprint density at radius 3 is 1.10 bits per heavy atom. The molecule has 2 aliphatic carbocycles. The molecule has 52 heavy (non-hydrogen) atoms. The lowest BCUT2D eigenvalue weighted by molar-refractivity contribution is 0.455. The molecule has 6 aromatic carbocycles. The number of anilines is 2. The van der Waals surface area contributed by atoms with Gasteiger partial charge in [-0.25, -0.2) is 0 Å². The van der Waals surface area contributed by atoms with Gasteiger partial charge < -0.3 is 10.6 Å². The van der Waals surface area contributed by atoms with Crippen LogP contribution in [0.15, 0.2) is 133 Å². The monoisotopic (exact) mass is 684 g/mol. The van der Waals surface area contributed by atoms with Gasteiger partial charge in [0.2, 0.25) is 0 Å². The first-order valence-electron chi connectivity index (χ1n) is 20.5. The summed E-state index contributed by atoms with van der Waals surface area (Å²) in [7, 11) is 0. The van der Waals surface area contributed by atoms with Gasteiger partial charge in [-0.05, 0) is 70.5 Å². The number of fused-ring (bicyclic) bond motifs is 2. The molecule has 0 amide bonds. The van der Waals surface area contributed by atoms with E-state index in [2.05, 4.69) is 144 Å². The van der Waals surface area contributed by atoms with Gasteiger partial charge in [0, 0.05) is 22.1 Å². The van der Waals surface area contributed by atoms with Crippen molar-refractivity contribution in [3.05, 3.63) is 156 Å². The third-order valence-corrected chi connectivity index (χ3v) is 12.3. The Morgan fingerprint density at radius 2 is 0.692 bits per heavy atom. The van der Waals surface area contributed by atoms with Crippen LogP contribution in [0.3, 0.4) is 0 Å². The number of rotatable bonds is 9. The van der Waals surface area contributed by atoms with Crippen LogP contribution in [0.1, 0.15) is 136 Å². The van der Waals surface area contributed by atoms with Crippen molar-refractivity contribution in [2.75, 3.05) is 10.6 Å². The number of hydrogen-bond donors (Lipinski definition) is 2. The third kappa shape index (κ3) is 7.77. The van der Waals surface area contributed by atoms with E-state index in [0.717, 1.165) is 0 Å². The molecule has 0 bridgehead atoms. The van der Waals surface area contributed by atoms with Crippen molar-refractivity contribution in [2.24, 2.45) is 0 Å². The van der Waals surface area contributed by atoms with E-state index < -0.39 is 0 Å². The van der Waals surface area contributed by atoms with Crippen molar-refractivity contribution in [3.8, 4) is 0 Å². The second-order valence-corrected chi connectivity index (χ2v) is 15.7. The zero-order valence-corrected chi connectivity index (χ0v) is 30.9. The highest BCUT2D eigenvalue weighted by Crippen LogP contribution is 2.45. The molecule has 6 aromatic rings. The van der Waals surface area contributed by atoms with Gasteiger partial charge in [-0.2, -0.15) is 0 Å². The largest absolute Gasteiger partial charge is 0.375 e. The summed E-state index contributed by atoms with van der Waals surface area (Å²) in [6.07, 6.45) is 18.5. The van der Waals surface area contributed by atoms with Crippen LogP contribution in [0.5, 0.6) is 0 Å². The standard InChI is InChI=1S/C50H56N2/c1-3-9-21-37(22-10-4-1)45-35-33-39-25-17-19-31-43(39)49(45)51-47(41-27-13-7-14-28-41)48(42-29-15-8-16-30-42)52-50-44-32-20-18-26-40(44)34-36-46(50)38-23-11-5-2-6-12-24-38/h7-8,13-20,25-38,47-48,51-52H,1-6,9-12,21-24H2/t47-,48-/m0/s1. The fourth-order valence-corrected chi connectivity index (χ4v) is 9.46. The first kappa shape index (κ1) is 34.5. The molecule has 0 radical (unpaired) electrons. The topological polar surface area (TPSA) is 24.1 Å². The van der Waals surface area contributed by atoms with E-state index in [-0.39, 0.29) is 12.1 Å². The molecule has 0 saturated heterocycles. The SMILES string of the molecule is c1ccc([C@H](Nc2c(C3CCCCCCC3)ccc3ccccc23)[C@@H](Nc2c(C3CCCCCCC3)ccc3ccccc23)c2ccccc2)cc1. The molecule has 2 N–H and O–H groups in total. The van der Waals surface area contributed by atoms with E-state index in [4.69, 9.17) is 0 Å². The second-order valence-electron chi connectivity index (χ2n) is 15.7. The minimum absolute atomic E-state index is 0.0223. The van der Waals surface area contributed by atoms with Crippen LogP contribution < -0.4 is 10.6 Å². The molecule has 266 valence electrons. The maximum absolute atomic E-state index is 4.36. The molecule has 2 heteroatoms. The second kappa shape index (κ2) is 16.8.